The topological polar surface area (TPSA) is 86.7 Å². The van der Waals surface area contributed by atoms with Crippen molar-refractivity contribution in [2.24, 2.45) is 0 Å². The predicted octanol–water partition coefficient (Wildman–Crippen LogP) is 2.10. The molecule has 2 rings (SSSR count). The van der Waals surface area contributed by atoms with E-state index in [-0.39, 0.29) is 67.8 Å². The normalized spacial score (nSPS) is 11.1. The molecule has 0 saturated heterocycles. The van der Waals surface area contributed by atoms with Crippen LogP contribution < -0.4 is 61.2 Å². The number of aryl methyl sites for hydroxylation is 1. The number of rotatable bonds is 11. The summed E-state index contributed by atoms with van der Waals surface area (Å²) >= 11 is 0. The third-order valence-electron chi connectivity index (χ3n) is 4.43. The number of hydrogen-bond donors (Lipinski definition) is 1. The SMILES string of the molecule is CCCCCCCCCc1ccc([O-])c(Oc2ccc(S(=O)(=O)O)cc2)c1.[K+]. The molecule has 5 nitrogen and oxygen atoms in total. The van der Waals surface area contributed by atoms with Crippen LogP contribution in [-0.2, 0) is 16.5 Å². The van der Waals surface area contributed by atoms with Crippen LogP contribution in [-0.4, -0.2) is 13.0 Å². The van der Waals surface area contributed by atoms with Crippen molar-refractivity contribution in [3.63, 3.8) is 0 Å². The van der Waals surface area contributed by atoms with Gasteiger partial charge in [-0.1, -0.05) is 63.3 Å². The van der Waals surface area contributed by atoms with Gasteiger partial charge in [0.1, 0.15) is 11.5 Å². The molecule has 0 heterocycles. The van der Waals surface area contributed by atoms with Crippen LogP contribution in [0.15, 0.2) is 47.4 Å². The van der Waals surface area contributed by atoms with E-state index in [0.717, 1.165) is 18.4 Å². The molecule has 7 heteroatoms. The smallest absolute Gasteiger partial charge is 0.870 e. The maximum absolute atomic E-state index is 12.0. The quantitative estimate of drug-likeness (QED) is 0.335. The summed E-state index contributed by atoms with van der Waals surface area (Å²) in [5.41, 5.74) is 1.05. The summed E-state index contributed by atoms with van der Waals surface area (Å²) < 4.78 is 36.7. The summed E-state index contributed by atoms with van der Waals surface area (Å²) in [5.74, 6) is 0.333. The van der Waals surface area contributed by atoms with Gasteiger partial charge < -0.3 is 9.84 Å². The van der Waals surface area contributed by atoms with E-state index in [1.54, 1.807) is 6.07 Å². The first kappa shape index (κ1) is 25.6. The fourth-order valence-electron chi connectivity index (χ4n) is 2.88. The second-order valence-corrected chi connectivity index (χ2v) is 8.12. The molecule has 0 radical (unpaired) electrons. The molecule has 0 spiro atoms. The van der Waals surface area contributed by atoms with E-state index >= 15 is 0 Å². The van der Waals surface area contributed by atoms with Crippen LogP contribution in [0, 0.1) is 0 Å². The van der Waals surface area contributed by atoms with E-state index in [4.69, 9.17) is 9.29 Å². The van der Waals surface area contributed by atoms with Crippen molar-refractivity contribution in [3.05, 3.63) is 48.0 Å². The Labute approximate surface area is 210 Å². The maximum atomic E-state index is 12.0. The number of hydrogen-bond acceptors (Lipinski definition) is 4. The molecule has 0 aliphatic carbocycles. The van der Waals surface area contributed by atoms with Crippen molar-refractivity contribution in [1.29, 1.82) is 0 Å². The van der Waals surface area contributed by atoms with Gasteiger partial charge in [-0.05, 0) is 48.7 Å². The zero-order chi connectivity index (χ0) is 19.7. The Morgan fingerprint density at radius 1 is 0.929 bits per heavy atom. The summed E-state index contributed by atoms with van der Waals surface area (Å²) in [4.78, 5) is -0.218. The molecule has 148 valence electrons. The van der Waals surface area contributed by atoms with Crippen molar-refractivity contribution < 1.29 is 74.2 Å². The van der Waals surface area contributed by atoms with E-state index in [9.17, 15) is 13.5 Å². The fraction of sp³-hybridized carbons (Fsp3) is 0.429. The molecule has 0 saturated carbocycles. The van der Waals surface area contributed by atoms with Gasteiger partial charge in [0.15, 0.2) is 0 Å². The van der Waals surface area contributed by atoms with Crippen LogP contribution in [0.3, 0.4) is 0 Å². The summed E-state index contributed by atoms with van der Waals surface area (Å²) in [6.07, 6.45) is 9.52. The Morgan fingerprint density at radius 2 is 1.54 bits per heavy atom. The Hall–Kier alpha value is -0.414. The third kappa shape index (κ3) is 8.94. The molecule has 0 amide bonds. The molecule has 1 N–H and O–H groups in total. The van der Waals surface area contributed by atoms with Gasteiger partial charge in [-0.15, -0.1) is 0 Å². The average molecular weight is 431 g/mol. The summed E-state index contributed by atoms with van der Waals surface area (Å²) in [6, 6.07) is 10.4. The first-order valence-corrected chi connectivity index (χ1v) is 10.9. The van der Waals surface area contributed by atoms with E-state index in [0.29, 0.717) is 5.75 Å². The van der Waals surface area contributed by atoms with Crippen LogP contribution in [0.5, 0.6) is 17.2 Å². The number of benzene rings is 2. The van der Waals surface area contributed by atoms with E-state index in [2.05, 4.69) is 6.92 Å². The average Bonchev–Trinajstić information content (AvgIpc) is 2.63. The zero-order valence-corrected chi connectivity index (χ0v) is 20.6. The standard InChI is InChI=1S/C21H28O5S.K/c1-2-3-4-5-6-7-8-9-17-10-15-20(22)21(16-17)26-18-11-13-19(14-12-18)27(23,24)25;/h10-16,22H,2-9H2,1H3,(H,23,24,25);/q;+1/p-1. The predicted molar refractivity (Wildman–Crippen MR) is 104 cm³/mol. The Kier molecular flexibility index (Phi) is 11.9. The maximum Gasteiger partial charge on any atom is 1.00 e. The molecule has 0 aliphatic rings. The van der Waals surface area contributed by atoms with Gasteiger partial charge in [0.2, 0.25) is 0 Å². The van der Waals surface area contributed by atoms with E-state index < -0.39 is 10.1 Å². The third-order valence-corrected chi connectivity index (χ3v) is 5.29. The first-order chi connectivity index (χ1) is 12.9. The minimum absolute atomic E-state index is 0. The minimum Gasteiger partial charge on any atom is -0.870 e. The molecule has 0 aliphatic heterocycles. The van der Waals surface area contributed by atoms with Gasteiger partial charge in [-0.25, -0.2) is 0 Å². The van der Waals surface area contributed by atoms with Crippen molar-refractivity contribution >= 4 is 10.1 Å². The molecule has 28 heavy (non-hydrogen) atoms. The van der Waals surface area contributed by atoms with Gasteiger partial charge in [-0.3, -0.25) is 4.55 Å². The van der Waals surface area contributed by atoms with E-state index in [1.165, 1.54) is 68.9 Å². The van der Waals surface area contributed by atoms with Gasteiger partial charge in [0, 0.05) is 0 Å². The molecule has 0 atom stereocenters. The van der Waals surface area contributed by atoms with E-state index in [1.807, 2.05) is 6.07 Å². The molecule has 0 aromatic heterocycles. The van der Waals surface area contributed by atoms with Crippen LogP contribution in [0.2, 0.25) is 0 Å². The molecular formula is C21H27KO5S. The van der Waals surface area contributed by atoms with Gasteiger partial charge in [0.25, 0.3) is 10.1 Å². The van der Waals surface area contributed by atoms with Crippen molar-refractivity contribution in [2.45, 2.75) is 63.2 Å². The van der Waals surface area contributed by atoms with Gasteiger partial charge in [-0.2, -0.15) is 8.42 Å². The van der Waals surface area contributed by atoms with Crippen molar-refractivity contribution in [2.75, 3.05) is 0 Å². The minimum atomic E-state index is -4.25. The molecular weight excluding hydrogens is 403 g/mol. The Balaban J connectivity index is 0.00000392. The zero-order valence-electron chi connectivity index (χ0n) is 16.7. The molecule has 2 aromatic carbocycles. The molecule has 2 aromatic rings. The van der Waals surface area contributed by atoms with Gasteiger partial charge >= 0.3 is 51.4 Å². The van der Waals surface area contributed by atoms with Gasteiger partial charge in [0.05, 0.1) is 4.90 Å². The first-order valence-electron chi connectivity index (χ1n) is 9.45. The second kappa shape index (κ2) is 13.0. The second-order valence-electron chi connectivity index (χ2n) is 6.70. The molecule has 0 fully saturated rings. The molecule has 0 unspecified atom stereocenters. The Morgan fingerprint density at radius 3 is 2.14 bits per heavy atom. The number of unbranched alkanes of at least 4 members (excludes halogenated alkanes) is 6. The van der Waals surface area contributed by atoms with Crippen molar-refractivity contribution in [1.82, 2.24) is 0 Å². The number of ether oxygens (including phenoxy) is 1. The van der Waals surface area contributed by atoms with Crippen LogP contribution in [0.25, 0.3) is 0 Å². The molecule has 0 bridgehead atoms. The summed E-state index contributed by atoms with van der Waals surface area (Å²) in [6.45, 7) is 2.21. The fourth-order valence-corrected chi connectivity index (χ4v) is 3.36. The summed E-state index contributed by atoms with van der Waals surface area (Å²) in [5, 5.41) is 12.0. The Bertz CT molecular complexity index is 819. The largest absolute Gasteiger partial charge is 1.00 e. The van der Waals surface area contributed by atoms with Crippen LogP contribution >= 0.6 is 0 Å². The van der Waals surface area contributed by atoms with Crippen LogP contribution in [0.4, 0.5) is 0 Å². The summed E-state index contributed by atoms with van der Waals surface area (Å²) in [7, 11) is -4.25. The van der Waals surface area contributed by atoms with Crippen LogP contribution in [0.1, 0.15) is 57.4 Å². The monoisotopic (exact) mass is 430 g/mol. The van der Waals surface area contributed by atoms with Crippen molar-refractivity contribution in [3.8, 4) is 17.2 Å².